The Balaban J connectivity index is 1.79. The van der Waals surface area contributed by atoms with Gasteiger partial charge in [0.05, 0.1) is 20.6 Å². The molecule has 6 nitrogen and oxygen atoms in total. The van der Waals surface area contributed by atoms with Crippen LogP contribution in [0.2, 0.25) is 10.0 Å². The van der Waals surface area contributed by atoms with E-state index in [1.54, 1.807) is 31.2 Å². The lowest BCUT2D eigenvalue weighted by Gasteiger charge is -2.05. The quantitative estimate of drug-likeness (QED) is 0.558. The third-order valence-corrected chi connectivity index (χ3v) is 7.03. The van der Waals surface area contributed by atoms with Crippen molar-refractivity contribution in [3.8, 4) is 0 Å². The zero-order valence-electron chi connectivity index (χ0n) is 14.8. The minimum atomic E-state index is -3.79. The van der Waals surface area contributed by atoms with Gasteiger partial charge in [-0.1, -0.05) is 52.2 Å². The van der Waals surface area contributed by atoms with Gasteiger partial charge in [0.25, 0.3) is 15.9 Å². The molecule has 146 valence electrons. The van der Waals surface area contributed by atoms with Crippen molar-refractivity contribution in [1.82, 2.24) is 4.98 Å². The molecule has 1 aromatic heterocycles. The van der Waals surface area contributed by atoms with Gasteiger partial charge >= 0.3 is 0 Å². The van der Waals surface area contributed by atoms with E-state index in [9.17, 15) is 13.2 Å². The van der Waals surface area contributed by atoms with Crippen LogP contribution in [0.1, 0.15) is 20.9 Å². The zero-order chi connectivity index (χ0) is 20.5. The van der Waals surface area contributed by atoms with Crippen molar-refractivity contribution in [2.45, 2.75) is 18.7 Å². The molecule has 0 saturated carbocycles. The molecule has 0 aliphatic heterocycles. The van der Waals surface area contributed by atoms with Crippen LogP contribution in [-0.2, 0) is 10.0 Å². The van der Waals surface area contributed by atoms with Crippen molar-refractivity contribution in [3.63, 3.8) is 0 Å². The van der Waals surface area contributed by atoms with Crippen LogP contribution in [0, 0.1) is 13.8 Å². The van der Waals surface area contributed by atoms with E-state index in [2.05, 4.69) is 15.0 Å². The molecule has 0 aliphatic carbocycles. The summed E-state index contributed by atoms with van der Waals surface area (Å²) in [5, 5.41) is 3.49. The van der Waals surface area contributed by atoms with Crippen molar-refractivity contribution in [2.75, 3.05) is 10.0 Å². The van der Waals surface area contributed by atoms with Crippen molar-refractivity contribution < 1.29 is 13.2 Å². The fourth-order valence-electron chi connectivity index (χ4n) is 2.30. The molecule has 1 amide bonds. The highest BCUT2D eigenvalue weighted by molar-refractivity contribution is 7.93. The second-order valence-electron chi connectivity index (χ2n) is 5.94. The average molecular weight is 456 g/mol. The zero-order valence-corrected chi connectivity index (χ0v) is 17.9. The van der Waals surface area contributed by atoms with Crippen LogP contribution in [0.3, 0.4) is 0 Å². The van der Waals surface area contributed by atoms with Crippen molar-refractivity contribution >= 4 is 61.3 Å². The van der Waals surface area contributed by atoms with Gasteiger partial charge in [-0.05, 0) is 44.2 Å². The number of hydrogen-bond donors (Lipinski definition) is 2. The van der Waals surface area contributed by atoms with Gasteiger partial charge in [0.2, 0.25) is 0 Å². The van der Waals surface area contributed by atoms with Gasteiger partial charge in [0.15, 0.2) is 5.13 Å². The molecular formula is C18H15Cl2N3O3S2. The maximum Gasteiger partial charge on any atom is 0.267 e. The number of nitrogens with one attached hydrogen (secondary N) is 2. The highest BCUT2D eigenvalue weighted by atomic mass is 35.5. The average Bonchev–Trinajstić information content (AvgIpc) is 2.98. The first kappa shape index (κ1) is 20.6. The molecule has 0 fully saturated rings. The van der Waals surface area contributed by atoms with Crippen LogP contribution >= 0.6 is 34.5 Å². The predicted octanol–water partition coefficient (Wildman–Crippen LogP) is 5.12. The van der Waals surface area contributed by atoms with E-state index >= 15 is 0 Å². The fraction of sp³-hybridized carbons (Fsp3) is 0.111. The second-order valence-corrected chi connectivity index (χ2v) is 9.43. The highest BCUT2D eigenvalue weighted by Crippen LogP contribution is 2.28. The molecule has 0 spiro atoms. The summed E-state index contributed by atoms with van der Waals surface area (Å²) < 4.78 is 27.4. The maximum atomic E-state index is 12.5. The summed E-state index contributed by atoms with van der Waals surface area (Å²) >= 11 is 12.8. The molecule has 0 saturated heterocycles. The number of aryl methyl sites for hydroxylation is 2. The Morgan fingerprint density at radius 2 is 1.71 bits per heavy atom. The largest absolute Gasteiger partial charge is 0.321 e. The number of amides is 1. The third-order valence-electron chi connectivity index (χ3n) is 3.73. The number of carbonyl (C=O) groups excluding carboxylic acids is 1. The van der Waals surface area contributed by atoms with Crippen LogP contribution in [0.4, 0.5) is 10.8 Å². The van der Waals surface area contributed by atoms with Gasteiger partial charge in [0.1, 0.15) is 4.88 Å². The molecular weight excluding hydrogens is 441 g/mol. The van der Waals surface area contributed by atoms with Crippen molar-refractivity contribution in [3.05, 3.63) is 68.6 Å². The molecule has 28 heavy (non-hydrogen) atoms. The number of nitrogens with zero attached hydrogens (tertiary/aromatic N) is 1. The van der Waals surface area contributed by atoms with Crippen LogP contribution in [0.5, 0.6) is 0 Å². The Morgan fingerprint density at radius 1 is 1.04 bits per heavy atom. The molecule has 0 aliphatic rings. The number of sulfonamides is 1. The lowest BCUT2D eigenvalue weighted by atomic mass is 10.2. The molecule has 10 heteroatoms. The number of carbonyl (C=O) groups is 1. The molecule has 0 bridgehead atoms. The van der Waals surface area contributed by atoms with E-state index in [4.69, 9.17) is 23.2 Å². The van der Waals surface area contributed by atoms with Crippen molar-refractivity contribution in [2.24, 2.45) is 0 Å². The van der Waals surface area contributed by atoms with Crippen LogP contribution < -0.4 is 10.0 Å². The molecule has 3 aromatic rings. The topological polar surface area (TPSA) is 88.2 Å². The number of benzene rings is 2. The SMILES string of the molecule is Cc1ccc(S(=O)(=O)Nc2nc(C)c(C(=O)Nc3ccc(Cl)c(Cl)c3)s2)cc1. The van der Waals surface area contributed by atoms with E-state index in [1.807, 2.05) is 6.92 Å². The number of aromatic nitrogens is 1. The van der Waals surface area contributed by atoms with Gasteiger partial charge < -0.3 is 5.32 Å². The molecule has 0 radical (unpaired) electrons. The Morgan fingerprint density at radius 3 is 2.36 bits per heavy atom. The second kappa shape index (κ2) is 8.08. The van der Waals surface area contributed by atoms with E-state index in [0.717, 1.165) is 16.9 Å². The molecule has 3 rings (SSSR count). The van der Waals surface area contributed by atoms with Crippen molar-refractivity contribution in [1.29, 1.82) is 0 Å². The van der Waals surface area contributed by atoms with Crippen LogP contribution in [0.25, 0.3) is 0 Å². The number of anilines is 2. The van der Waals surface area contributed by atoms with Crippen LogP contribution in [0.15, 0.2) is 47.4 Å². The van der Waals surface area contributed by atoms with E-state index in [1.165, 1.54) is 18.2 Å². The lowest BCUT2D eigenvalue weighted by molar-refractivity contribution is 0.103. The minimum absolute atomic E-state index is 0.109. The lowest BCUT2D eigenvalue weighted by Crippen LogP contribution is -2.12. The summed E-state index contributed by atoms with van der Waals surface area (Å²) in [5.41, 5.74) is 1.82. The summed E-state index contributed by atoms with van der Waals surface area (Å²) in [7, 11) is -3.79. The molecule has 0 unspecified atom stereocenters. The minimum Gasteiger partial charge on any atom is -0.321 e. The summed E-state index contributed by atoms with van der Waals surface area (Å²) in [4.78, 5) is 17.1. The number of hydrogen-bond acceptors (Lipinski definition) is 5. The normalized spacial score (nSPS) is 11.3. The Hall–Kier alpha value is -2.13. The van der Waals surface area contributed by atoms with E-state index in [0.29, 0.717) is 21.4 Å². The number of thiazole rings is 1. The van der Waals surface area contributed by atoms with Gasteiger partial charge in [-0.2, -0.15) is 0 Å². The maximum absolute atomic E-state index is 12.5. The molecule has 2 N–H and O–H groups in total. The molecule has 2 aromatic carbocycles. The monoisotopic (exact) mass is 455 g/mol. The smallest absolute Gasteiger partial charge is 0.267 e. The third kappa shape index (κ3) is 4.64. The van der Waals surface area contributed by atoms with Gasteiger partial charge in [0, 0.05) is 5.69 Å². The summed E-state index contributed by atoms with van der Waals surface area (Å²) in [6.45, 7) is 3.50. The molecule has 0 atom stereocenters. The summed E-state index contributed by atoms with van der Waals surface area (Å²) in [6.07, 6.45) is 0. The summed E-state index contributed by atoms with van der Waals surface area (Å²) in [6, 6.07) is 11.1. The van der Waals surface area contributed by atoms with E-state index < -0.39 is 15.9 Å². The Bertz CT molecular complexity index is 1140. The summed E-state index contributed by atoms with van der Waals surface area (Å²) in [5.74, 6) is -0.422. The highest BCUT2D eigenvalue weighted by Gasteiger charge is 2.20. The van der Waals surface area contributed by atoms with E-state index in [-0.39, 0.29) is 14.9 Å². The number of rotatable bonds is 5. The van der Waals surface area contributed by atoms with Gasteiger partial charge in [-0.3, -0.25) is 9.52 Å². The van der Waals surface area contributed by atoms with Crippen LogP contribution in [-0.4, -0.2) is 19.3 Å². The molecule has 1 heterocycles. The Kier molecular flexibility index (Phi) is 5.95. The van der Waals surface area contributed by atoms with Gasteiger partial charge in [-0.15, -0.1) is 0 Å². The Labute approximate surface area is 176 Å². The van der Waals surface area contributed by atoms with Gasteiger partial charge in [-0.25, -0.2) is 13.4 Å². The first-order chi connectivity index (χ1) is 13.2. The first-order valence-corrected chi connectivity index (χ1v) is 11.0. The predicted molar refractivity (Wildman–Crippen MR) is 113 cm³/mol. The number of halogens is 2. The first-order valence-electron chi connectivity index (χ1n) is 7.99. The fourth-order valence-corrected chi connectivity index (χ4v) is 4.70. The standard InChI is InChI=1S/C18H15Cl2N3O3S2/c1-10-3-6-13(7-4-10)28(25,26)23-18-21-11(2)16(27-18)17(24)22-12-5-8-14(19)15(20)9-12/h3-9H,1-2H3,(H,21,23)(H,22,24).